The number of aryl methyl sites for hydroxylation is 2. The molecule has 0 aliphatic rings. The van der Waals surface area contributed by atoms with Gasteiger partial charge in [-0.25, -0.2) is 0 Å². The number of ether oxygens (including phenoxy) is 1. The van der Waals surface area contributed by atoms with Crippen LogP contribution in [0.15, 0.2) is 48.5 Å². The van der Waals surface area contributed by atoms with Crippen molar-refractivity contribution in [3.8, 4) is 11.5 Å². The van der Waals surface area contributed by atoms with Crippen molar-refractivity contribution in [2.45, 2.75) is 19.9 Å². The Labute approximate surface area is 180 Å². The van der Waals surface area contributed by atoms with E-state index in [0.29, 0.717) is 16.5 Å². The quantitative estimate of drug-likeness (QED) is 0.397. The molecule has 1 amide bonds. The fraction of sp³-hybridized carbons (Fsp3) is 0.158. The van der Waals surface area contributed by atoms with E-state index < -0.39 is 15.8 Å². The van der Waals surface area contributed by atoms with Gasteiger partial charge in [0.25, 0.3) is 5.69 Å². The lowest BCUT2D eigenvalue weighted by Gasteiger charge is -2.09. The highest BCUT2D eigenvalue weighted by atomic mass is 35.5. The summed E-state index contributed by atoms with van der Waals surface area (Å²) in [6.07, 6.45) is -0.0459. The second-order valence-corrected chi connectivity index (χ2v) is 6.89. The molecule has 1 heterocycles. The van der Waals surface area contributed by atoms with E-state index >= 15 is 0 Å². The van der Waals surface area contributed by atoms with Gasteiger partial charge in [-0.05, 0) is 36.1 Å². The van der Waals surface area contributed by atoms with Crippen LogP contribution < -0.4 is 10.1 Å². The van der Waals surface area contributed by atoms with Gasteiger partial charge < -0.3 is 20.2 Å². The average molecular weight is 446 g/mol. The van der Waals surface area contributed by atoms with Gasteiger partial charge in [-0.3, -0.25) is 14.9 Å². The molecular weight excluding hydrogens is 430 g/mol. The topological polar surface area (TPSA) is 142 Å². The van der Waals surface area contributed by atoms with E-state index in [0.717, 1.165) is 0 Å². The number of halogens is 1. The summed E-state index contributed by atoms with van der Waals surface area (Å²) in [5.74, 6) is -0.181. The molecule has 0 saturated carbocycles. The van der Waals surface area contributed by atoms with Crippen LogP contribution in [0.5, 0.6) is 11.5 Å². The van der Waals surface area contributed by atoms with Crippen molar-refractivity contribution in [1.29, 1.82) is 0 Å². The number of amides is 1. The van der Waals surface area contributed by atoms with Gasteiger partial charge in [0.05, 0.1) is 40.1 Å². The Hall–Kier alpha value is -3.99. The lowest BCUT2D eigenvalue weighted by atomic mass is 10.2. The van der Waals surface area contributed by atoms with Gasteiger partial charge in [-0.15, -0.1) is 0 Å². The molecule has 0 radical (unpaired) electrons. The first-order valence-corrected chi connectivity index (χ1v) is 9.30. The SMILES string of the molecule is Cc1cc([N+](=O)[O-])nn1CCC(=O)Nc1cc(Oc2ccc(Cl)cc2)cc([N+](=O)[O-])c1. The zero-order chi connectivity index (χ0) is 22.5. The van der Waals surface area contributed by atoms with E-state index in [1.54, 1.807) is 31.2 Å². The third-order valence-corrected chi connectivity index (χ3v) is 4.39. The van der Waals surface area contributed by atoms with Crippen LogP contribution in [0.1, 0.15) is 12.1 Å². The highest BCUT2D eigenvalue weighted by Gasteiger charge is 2.17. The number of benzene rings is 2. The van der Waals surface area contributed by atoms with Crippen molar-refractivity contribution < 1.29 is 19.4 Å². The Kier molecular flexibility index (Phi) is 6.46. The van der Waals surface area contributed by atoms with Crippen molar-refractivity contribution in [2.75, 3.05) is 5.32 Å². The Balaban J connectivity index is 1.71. The molecular formula is C19H16ClN5O6. The second-order valence-electron chi connectivity index (χ2n) is 6.45. The summed E-state index contributed by atoms with van der Waals surface area (Å²) < 4.78 is 6.97. The van der Waals surface area contributed by atoms with Crippen LogP contribution in [0.2, 0.25) is 5.02 Å². The molecule has 12 heteroatoms. The summed E-state index contributed by atoms with van der Waals surface area (Å²) in [5.41, 5.74) is 0.445. The molecule has 0 unspecified atom stereocenters. The van der Waals surface area contributed by atoms with Crippen molar-refractivity contribution in [3.63, 3.8) is 0 Å². The molecule has 160 valence electrons. The van der Waals surface area contributed by atoms with E-state index in [9.17, 15) is 25.0 Å². The third kappa shape index (κ3) is 5.76. The minimum atomic E-state index is -0.616. The standard InChI is InChI=1S/C19H16ClN5O6/c1-12-8-18(25(29)30)22-23(12)7-6-19(26)21-14-9-15(24(27)28)11-17(10-14)31-16-4-2-13(20)3-5-16/h2-5,8-11H,6-7H2,1H3,(H,21,26). The van der Waals surface area contributed by atoms with Crippen LogP contribution in [0.3, 0.4) is 0 Å². The fourth-order valence-corrected chi connectivity index (χ4v) is 2.82. The van der Waals surface area contributed by atoms with Crippen LogP contribution in [-0.4, -0.2) is 25.5 Å². The van der Waals surface area contributed by atoms with E-state index in [1.807, 2.05) is 0 Å². The molecule has 31 heavy (non-hydrogen) atoms. The summed E-state index contributed by atoms with van der Waals surface area (Å²) >= 11 is 5.83. The number of hydrogen-bond acceptors (Lipinski definition) is 7. The van der Waals surface area contributed by atoms with Crippen molar-refractivity contribution in [1.82, 2.24) is 9.78 Å². The van der Waals surface area contributed by atoms with Crippen LogP contribution >= 0.6 is 11.6 Å². The van der Waals surface area contributed by atoms with Crippen LogP contribution in [-0.2, 0) is 11.3 Å². The maximum atomic E-state index is 12.3. The predicted octanol–water partition coefficient (Wildman–Crippen LogP) is 4.48. The van der Waals surface area contributed by atoms with Gasteiger partial charge in [0.15, 0.2) is 0 Å². The zero-order valence-corrected chi connectivity index (χ0v) is 16.9. The smallest absolute Gasteiger partial charge is 0.390 e. The van der Waals surface area contributed by atoms with E-state index in [-0.39, 0.29) is 35.9 Å². The first-order chi connectivity index (χ1) is 14.7. The van der Waals surface area contributed by atoms with Crippen molar-refractivity contribution in [3.05, 3.63) is 79.5 Å². The molecule has 0 fully saturated rings. The molecule has 11 nitrogen and oxygen atoms in total. The van der Waals surface area contributed by atoms with E-state index in [2.05, 4.69) is 10.4 Å². The van der Waals surface area contributed by atoms with E-state index in [1.165, 1.54) is 28.9 Å². The molecule has 0 atom stereocenters. The van der Waals surface area contributed by atoms with Crippen molar-refractivity contribution >= 4 is 34.7 Å². The highest BCUT2D eigenvalue weighted by molar-refractivity contribution is 6.30. The van der Waals surface area contributed by atoms with Crippen LogP contribution in [0.4, 0.5) is 17.2 Å². The van der Waals surface area contributed by atoms with Gasteiger partial charge in [-0.2, -0.15) is 4.68 Å². The van der Waals surface area contributed by atoms with Crippen LogP contribution in [0, 0.1) is 27.2 Å². The van der Waals surface area contributed by atoms with Gasteiger partial charge in [-0.1, -0.05) is 11.6 Å². The largest absolute Gasteiger partial charge is 0.457 e. The second kappa shape index (κ2) is 9.22. The first kappa shape index (κ1) is 21.7. The summed E-state index contributed by atoms with van der Waals surface area (Å²) in [7, 11) is 0. The number of carbonyl (C=O) groups is 1. The molecule has 1 N–H and O–H groups in total. The number of anilines is 1. The molecule has 0 aliphatic carbocycles. The normalized spacial score (nSPS) is 10.5. The number of nitrogens with zero attached hydrogens (tertiary/aromatic N) is 4. The lowest BCUT2D eigenvalue weighted by Crippen LogP contribution is -2.15. The van der Waals surface area contributed by atoms with Crippen molar-refractivity contribution in [2.24, 2.45) is 0 Å². The minimum Gasteiger partial charge on any atom is -0.457 e. The Morgan fingerprint density at radius 2 is 1.81 bits per heavy atom. The average Bonchev–Trinajstić information content (AvgIpc) is 3.09. The molecule has 0 aliphatic heterocycles. The number of carbonyl (C=O) groups excluding carboxylic acids is 1. The van der Waals surface area contributed by atoms with E-state index in [4.69, 9.17) is 16.3 Å². The first-order valence-electron chi connectivity index (χ1n) is 8.93. The third-order valence-electron chi connectivity index (χ3n) is 4.14. The molecule has 1 aromatic heterocycles. The predicted molar refractivity (Wildman–Crippen MR) is 111 cm³/mol. The molecule has 3 rings (SSSR count). The Morgan fingerprint density at radius 3 is 2.42 bits per heavy atom. The summed E-state index contributed by atoms with van der Waals surface area (Å²) in [5, 5.41) is 28.9. The number of nitrogens with one attached hydrogen (secondary N) is 1. The maximum absolute atomic E-state index is 12.3. The fourth-order valence-electron chi connectivity index (χ4n) is 2.70. The van der Waals surface area contributed by atoms with Gasteiger partial charge in [0.1, 0.15) is 11.5 Å². The Bertz CT molecular complexity index is 1150. The minimum absolute atomic E-state index is 0.0459. The van der Waals surface area contributed by atoms with Gasteiger partial charge in [0.2, 0.25) is 5.91 Å². The number of aromatic nitrogens is 2. The lowest BCUT2D eigenvalue weighted by molar-refractivity contribution is -0.389. The monoisotopic (exact) mass is 445 g/mol. The molecule has 2 aromatic carbocycles. The number of rotatable bonds is 8. The number of nitro groups is 2. The zero-order valence-electron chi connectivity index (χ0n) is 16.1. The summed E-state index contributed by atoms with van der Waals surface area (Å²) in [6, 6.07) is 11.6. The van der Waals surface area contributed by atoms with Crippen LogP contribution in [0.25, 0.3) is 0 Å². The molecule has 3 aromatic rings. The summed E-state index contributed by atoms with van der Waals surface area (Å²) in [4.78, 5) is 33.1. The Morgan fingerprint density at radius 1 is 1.10 bits per heavy atom. The number of nitro benzene ring substituents is 1. The molecule has 0 spiro atoms. The van der Waals surface area contributed by atoms with Gasteiger partial charge >= 0.3 is 5.82 Å². The molecule has 0 saturated heterocycles. The maximum Gasteiger partial charge on any atom is 0.390 e. The molecule has 0 bridgehead atoms. The van der Waals surface area contributed by atoms with Gasteiger partial charge in [0, 0.05) is 23.6 Å². The number of hydrogen-bond donors (Lipinski definition) is 1. The number of non-ortho nitro benzene ring substituents is 1. The highest BCUT2D eigenvalue weighted by Crippen LogP contribution is 2.30. The summed E-state index contributed by atoms with van der Waals surface area (Å²) in [6.45, 7) is 1.74.